The summed E-state index contributed by atoms with van der Waals surface area (Å²) in [5.74, 6) is 0. The van der Waals surface area contributed by atoms with Gasteiger partial charge in [0.25, 0.3) is 0 Å². The van der Waals surface area contributed by atoms with E-state index in [1.807, 2.05) is 0 Å². The van der Waals surface area contributed by atoms with Crippen LogP contribution in [0, 0.1) is 0 Å². The minimum atomic E-state index is -4.17. The fraction of sp³-hybridized carbons (Fsp3) is 1.00. The zero-order valence-corrected chi connectivity index (χ0v) is 19.7. The van der Waals surface area contributed by atoms with Crippen LogP contribution < -0.4 is 29.6 Å². The number of aliphatic hydroxyl groups excluding tert-OH is 1. The molecule has 0 saturated carbocycles. The maximum Gasteiger partial charge on any atom is 1.00 e. The zero-order chi connectivity index (χ0) is 18.3. The van der Waals surface area contributed by atoms with Crippen LogP contribution in [0.25, 0.3) is 0 Å². The molecule has 0 bridgehead atoms. The summed E-state index contributed by atoms with van der Waals surface area (Å²) < 4.78 is 32.3. The van der Waals surface area contributed by atoms with Crippen molar-refractivity contribution in [3.63, 3.8) is 0 Å². The van der Waals surface area contributed by atoms with Crippen LogP contribution in [0.1, 0.15) is 110 Å². The molecule has 2 unspecified atom stereocenters. The van der Waals surface area contributed by atoms with Crippen molar-refractivity contribution in [2.75, 3.05) is 0 Å². The Kier molecular flexibility index (Phi) is 20.5. The molecule has 1 N–H and O–H groups in total. The molecule has 0 spiro atoms. The molecule has 0 saturated heterocycles. The van der Waals surface area contributed by atoms with E-state index in [0.29, 0.717) is 19.3 Å². The van der Waals surface area contributed by atoms with E-state index in [-0.39, 0.29) is 35.7 Å². The van der Waals surface area contributed by atoms with Crippen LogP contribution in [0.2, 0.25) is 0 Å². The van der Waals surface area contributed by atoms with E-state index in [9.17, 15) is 18.1 Å². The molecule has 0 rings (SSSR count). The van der Waals surface area contributed by atoms with Crippen molar-refractivity contribution in [3.8, 4) is 0 Å². The summed E-state index contributed by atoms with van der Waals surface area (Å²) in [7, 11) is -4.17. The van der Waals surface area contributed by atoms with Gasteiger partial charge in [0.05, 0.1) is 16.2 Å². The van der Waals surface area contributed by atoms with Gasteiger partial charge >= 0.3 is 29.6 Å². The molecule has 0 aromatic rings. The quantitative estimate of drug-likeness (QED) is 0.236. The topological polar surface area (TPSA) is 77.4 Å². The van der Waals surface area contributed by atoms with Gasteiger partial charge in [0, 0.05) is 5.25 Å². The summed E-state index contributed by atoms with van der Waals surface area (Å²) in [6.07, 6.45) is 16.2. The molecule has 146 valence electrons. The average molecular weight is 387 g/mol. The Balaban J connectivity index is 0. The zero-order valence-electron chi connectivity index (χ0n) is 16.8. The predicted octanol–water partition coefficient (Wildman–Crippen LogP) is 2.16. The molecule has 6 heteroatoms. The molecule has 0 aliphatic rings. The van der Waals surface area contributed by atoms with E-state index in [2.05, 4.69) is 6.92 Å². The largest absolute Gasteiger partial charge is 1.00 e. The first-order chi connectivity index (χ1) is 11.4. The van der Waals surface area contributed by atoms with Gasteiger partial charge in [0.2, 0.25) is 0 Å². The Bertz CT molecular complexity index is 374. The Morgan fingerprint density at radius 2 is 1.16 bits per heavy atom. The summed E-state index contributed by atoms with van der Waals surface area (Å²) in [5.41, 5.74) is 0. The third-order valence-corrected chi connectivity index (χ3v) is 6.00. The molecular weight excluding hydrogens is 347 g/mol. The van der Waals surface area contributed by atoms with Crippen LogP contribution in [0.3, 0.4) is 0 Å². The molecular formula is C19H39NaO4S. The molecule has 0 heterocycles. The smallest absolute Gasteiger partial charge is 0.748 e. The van der Waals surface area contributed by atoms with E-state index in [4.69, 9.17) is 0 Å². The molecule has 0 aliphatic carbocycles. The molecule has 2 atom stereocenters. The van der Waals surface area contributed by atoms with Crippen LogP contribution in [0.4, 0.5) is 0 Å². The van der Waals surface area contributed by atoms with Gasteiger partial charge in [-0.1, -0.05) is 77.6 Å². The molecule has 25 heavy (non-hydrogen) atoms. The summed E-state index contributed by atoms with van der Waals surface area (Å²) in [5, 5.41) is 9.04. The Morgan fingerprint density at radius 3 is 1.60 bits per heavy atom. The van der Waals surface area contributed by atoms with E-state index in [1.54, 1.807) is 0 Å². The van der Waals surface area contributed by atoms with Gasteiger partial charge in [-0.3, -0.25) is 0 Å². The SMILES string of the molecule is CCCCCCCCCCCCCC(O)CCCC(C)S(=O)(=O)[O-].[Na+]. The monoisotopic (exact) mass is 386 g/mol. The number of hydrogen-bond acceptors (Lipinski definition) is 4. The van der Waals surface area contributed by atoms with Crippen molar-refractivity contribution in [2.24, 2.45) is 0 Å². The van der Waals surface area contributed by atoms with Crippen molar-refractivity contribution in [1.82, 2.24) is 0 Å². The van der Waals surface area contributed by atoms with E-state index >= 15 is 0 Å². The number of hydrogen-bond donors (Lipinski definition) is 1. The molecule has 0 aromatic carbocycles. The van der Waals surface area contributed by atoms with E-state index in [0.717, 1.165) is 19.3 Å². The molecule has 0 aliphatic heterocycles. The average Bonchev–Trinajstić information content (AvgIpc) is 2.51. The third kappa shape index (κ3) is 19.4. The Hall–Kier alpha value is 0.870. The van der Waals surface area contributed by atoms with Gasteiger partial charge in [-0.15, -0.1) is 0 Å². The summed E-state index contributed by atoms with van der Waals surface area (Å²) in [6, 6.07) is 0. The van der Waals surface area contributed by atoms with Crippen molar-refractivity contribution >= 4 is 10.1 Å². The van der Waals surface area contributed by atoms with Gasteiger partial charge < -0.3 is 9.66 Å². The third-order valence-electron chi connectivity index (χ3n) is 4.78. The molecule has 0 fully saturated rings. The minimum Gasteiger partial charge on any atom is -0.748 e. The van der Waals surface area contributed by atoms with Crippen LogP contribution in [-0.2, 0) is 10.1 Å². The number of rotatable bonds is 17. The van der Waals surface area contributed by atoms with Crippen LogP contribution in [0.15, 0.2) is 0 Å². The fourth-order valence-corrected chi connectivity index (χ4v) is 3.43. The standard InChI is InChI=1S/C19H40O4S.Na/c1-3-4-5-6-7-8-9-10-11-12-13-16-19(20)17-14-15-18(2)24(21,22)23;/h18-20H,3-17H2,1-2H3,(H,21,22,23);/q;+1/p-1. The Morgan fingerprint density at radius 1 is 0.760 bits per heavy atom. The van der Waals surface area contributed by atoms with Crippen molar-refractivity contribution < 1.29 is 47.6 Å². The maximum absolute atomic E-state index is 10.8. The van der Waals surface area contributed by atoms with Crippen LogP contribution in [0.5, 0.6) is 0 Å². The Labute approximate surface area is 178 Å². The van der Waals surface area contributed by atoms with Crippen LogP contribution in [-0.4, -0.2) is 29.4 Å². The summed E-state index contributed by atoms with van der Waals surface area (Å²) in [4.78, 5) is 0. The number of aliphatic hydroxyl groups is 1. The summed E-state index contributed by atoms with van der Waals surface area (Å²) >= 11 is 0. The molecule has 0 radical (unpaired) electrons. The predicted molar refractivity (Wildman–Crippen MR) is 100 cm³/mol. The van der Waals surface area contributed by atoms with Gasteiger partial charge in [-0.25, -0.2) is 8.42 Å². The first-order valence-electron chi connectivity index (χ1n) is 10.0. The number of unbranched alkanes of at least 4 members (excludes halogenated alkanes) is 10. The first-order valence-corrected chi connectivity index (χ1v) is 11.5. The summed E-state index contributed by atoms with van der Waals surface area (Å²) in [6.45, 7) is 3.69. The normalized spacial score (nSPS) is 14.1. The second kappa shape index (κ2) is 18.2. The van der Waals surface area contributed by atoms with Gasteiger partial charge in [0.1, 0.15) is 0 Å². The minimum absolute atomic E-state index is 0. The van der Waals surface area contributed by atoms with Crippen molar-refractivity contribution in [1.29, 1.82) is 0 Å². The van der Waals surface area contributed by atoms with E-state index < -0.39 is 15.4 Å². The van der Waals surface area contributed by atoms with Gasteiger partial charge in [-0.2, -0.15) is 0 Å². The van der Waals surface area contributed by atoms with Gasteiger partial charge in [0.15, 0.2) is 0 Å². The second-order valence-corrected chi connectivity index (χ2v) is 9.00. The second-order valence-electron chi connectivity index (χ2n) is 7.21. The molecule has 0 amide bonds. The molecule has 0 aromatic heterocycles. The molecule has 4 nitrogen and oxygen atoms in total. The first kappa shape index (κ1) is 28.1. The van der Waals surface area contributed by atoms with E-state index in [1.165, 1.54) is 64.7 Å². The van der Waals surface area contributed by atoms with Crippen molar-refractivity contribution in [3.05, 3.63) is 0 Å². The fourth-order valence-electron chi connectivity index (χ4n) is 2.97. The maximum atomic E-state index is 10.8. The van der Waals surface area contributed by atoms with Gasteiger partial charge in [-0.05, 0) is 32.6 Å². The van der Waals surface area contributed by atoms with Crippen LogP contribution >= 0.6 is 0 Å². The van der Waals surface area contributed by atoms with Crippen molar-refractivity contribution in [2.45, 2.75) is 122 Å².